The lowest BCUT2D eigenvalue weighted by molar-refractivity contribution is 1.17. The molecule has 0 fully saturated rings. The van der Waals surface area contributed by atoms with E-state index in [2.05, 4.69) is 76.6 Å². The highest BCUT2D eigenvalue weighted by Gasteiger charge is 2.21. The van der Waals surface area contributed by atoms with Gasteiger partial charge in [0.1, 0.15) is 6.33 Å². The SMILES string of the molecule is Cc1ccc(B2C=Cc3cccc(-c4ccncn4)c3N2)cc1. The number of nitrogens with one attached hydrogen (secondary N) is 1. The Morgan fingerprint density at radius 3 is 2.65 bits per heavy atom. The van der Waals surface area contributed by atoms with Gasteiger partial charge in [0.25, 0.3) is 0 Å². The molecule has 0 aliphatic carbocycles. The monoisotopic (exact) mass is 297 g/mol. The Balaban J connectivity index is 1.75. The topological polar surface area (TPSA) is 37.8 Å². The summed E-state index contributed by atoms with van der Waals surface area (Å²) in [5, 5.41) is 3.65. The van der Waals surface area contributed by atoms with Gasteiger partial charge in [-0.1, -0.05) is 65.5 Å². The molecule has 1 N–H and O–H groups in total. The first kappa shape index (κ1) is 13.8. The quantitative estimate of drug-likeness (QED) is 0.737. The molecular formula is C19H16BN3. The van der Waals surface area contributed by atoms with Crippen molar-refractivity contribution in [1.82, 2.24) is 9.97 Å². The van der Waals surface area contributed by atoms with E-state index in [4.69, 9.17) is 0 Å². The molecule has 3 aromatic rings. The van der Waals surface area contributed by atoms with Crippen molar-refractivity contribution in [3.8, 4) is 11.3 Å². The maximum atomic E-state index is 4.39. The van der Waals surface area contributed by atoms with Gasteiger partial charge in [-0.05, 0) is 18.6 Å². The standard InChI is InChI=1S/C19H16BN3/c1-14-5-7-16(8-6-14)20-11-9-15-3-2-4-17(19(15)23-20)18-10-12-21-13-22-18/h2-13,23H,1H3. The van der Waals surface area contributed by atoms with Crippen LogP contribution in [0.25, 0.3) is 17.3 Å². The van der Waals surface area contributed by atoms with Gasteiger partial charge in [0.2, 0.25) is 0 Å². The third kappa shape index (κ3) is 2.64. The van der Waals surface area contributed by atoms with E-state index in [1.807, 2.05) is 6.07 Å². The van der Waals surface area contributed by atoms with Gasteiger partial charge in [-0.3, -0.25) is 0 Å². The Hall–Kier alpha value is -2.88. The van der Waals surface area contributed by atoms with Crippen LogP contribution < -0.4 is 10.7 Å². The molecule has 2 aromatic carbocycles. The van der Waals surface area contributed by atoms with Gasteiger partial charge in [0, 0.05) is 17.4 Å². The van der Waals surface area contributed by atoms with Crippen molar-refractivity contribution in [2.24, 2.45) is 0 Å². The average Bonchev–Trinajstić information content (AvgIpc) is 2.62. The van der Waals surface area contributed by atoms with Crippen LogP contribution in [0.2, 0.25) is 0 Å². The molecule has 0 bridgehead atoms. The van der Waals surface area contributed by atoms with Crippen LogP contribution in [0.1, 0.15) is 11.1 Å². The zero-order chi connectivity index (χ0) is 15.6. The molecule has 1 aliphatic heterocycles. The van der Waals surface area contributed by atoms with Gasteiger partial charge in [-0.25, -0.2) is 9.97 Å². The molecule has 1 aromatic heterocycles. The molecule has 0 radical (unpaired) electrons. The highest BCUT2D eigenvalue weighted by molar-refractivity contribution is 6.81. The molecule has 110 valence electrons. The molecular weight excluding hydrogens is 281 g/mol. The number of para-hydroxylation sites is 1. The number of aryl methyl sites for hydroxylation is 1. The van der Waals surface area contributed by atoms with Crippen LogP contribution >= 0.6 is 0 Å². The normalized spacial score (nSPS) is 12.7. The predicted octanol–water partition coefficient (Wildman–Crippen LogP) is 3.33. The van der Waals surface area contributed by atoms with Crippen LogP contribution in [-0.4, -0.2) is 16.8 Å². The minimum atomic E-state index is 0.172. The van der Waals surface area contributed by atoms with Gasteiger partial charge < -0.3 is 5.23 Å². The number of rotatable bonds is 2. The Bertz CT molecular complexity index is 858. The van der Waals surface area contributed by atoms with E-state index in [0.717, 1.165) is 16.9 Å². The summed E-state index contributed by atoms with van der Waals surface area (Å²) in [5.74, 6) is 2.21. The molecule has 4 heteroatoms. The van der Waals surface area contributed by atoms with E-state index in [-0.39, 0.29) is 6.85 Å². The molecule has 0 saturated heterocycles. The van der Waals surface area contributed by atoms with Crippen LogP contribution in [-0.2, 0) is 0 Å². The highest BCUT2D eigenvalue weighted by atomic mass is 14.8. The number of hydrogen-bond donors (Lipinski definition) is 1. The lowest BCUT2D eigenvalue weighted by Crippen LogP contribution is -2.38. The predicted molar refractivity (Wildman–Crippen MR) is 96.7 cm³/mol. The summed E-state index contributed by atoms with van der Waals surface area (Å²) in [6.45, 7) is 2.28. The Morgan fingerprint density at radius 2 is 1.87 bits per heavy atom. The second-order valence-corrected chi connectivity index (χ2v) is 5.76. The average molecular weight is 297 g/mol. The van der Waals surface area contributed by atoms with Crippen molar-refractivity contribution < 1.29 is 0 Å². The summed E-state index contributed by atoms with van der Waals surface area (Å²) in [5.41, 5.74) is 6.88. The maximum absolute atomic E-state index is 4.39. The number of anilines is 1. The van der Waals surface area contributed by atoms with Crippen molar-refractivity contribution in [2.75, 3.05) is 5.23 Å². The van der Waals surface area contributed by atoms with E-state index in [1.165, 1.54) is 16.6 Å². The van der Waals surface area contributed by atoms with Crippen LogP contribution in [0, 0.1) is 6.92 Å². The smallest absolute Gasteiger partial charge is 0.313 e. The second-order valence-electron chi connectivity index (χ2n) is 5.76. The Kier molecular flexibility index (Phi) is 3.43. The van der Waals surface area contributed by atoms with Crippen LogP contribution in [0.15, 0.2) is 67.0 Å². The zero-order valence-electron chi connectivity index (χ0n) is 12.9. The van der Waals surface area contributed by atoms with E-state index >= 15 is 0 Å². The molecule has 0 atom stereocenters. The summed E-state index contributed by atoms with van der Waals surface area (Å²) < 4.78 is 0. The number of hydrogen-bond acceptors (Lipinski definition) is 3. The van der Waals surface area contributed by atoms with Crippen LogP contribution in [0.3, 0.4) is 0 Å². The summed E-state index contributed by atoms with van der Waals surface area (Å²) >= 11 is 0. The minimum Gasteiger partial charge on any atom is -0.420 e. The molecule has 3 nitrogen and oxygen atoms in total. The molecule has 23 heavy (non-hydrogen) atoms. The van der Waals surface area contributed by atoms with Crippen LogP contribution in [0.4, 0.5) is 5.69 Å². The third-order valence-electron chi connectivity index (χ3n) is 4.16. The molecule has 1 aliphatic rings. The molecule has 0 amide bonds. The zero-order valence-corrected chi connectivity index (χ0v) is 12.9. The third-order valence-corrected chi connectivity index (χ3v) is 4.16. The first-order valence-electron chi connectivity index (χ1n) is 7.72. The molecule has 4 rings (SSSR count). The largest absolute Gasteiger partial charge is 0.420 e. The number of nitrogens with zero attached hydrogens (tertiary/aromatic N) is 2. The van der Waals surface area contributed by atoms with Gasteiger partial charge >= 0.3 is 6.85 Å². The van der Waals surface area contributed by atoms with E-state index in [9.17, 15) is 0 Å². The lowest BCUT2D eigenvalue weighted by Gasteiger charge is -2.22. The second kappa shape index (κ2) is 5.73. The highest BCUT2D eigenvalue weighted by Crippen LogP contribution is 2.32. The summed E-state index contributed by atoms with van der Waals surface area (Å²) in [7, 11) is 0. The fourth-order valence-electron chi connectivity index (χ4n) is 2.91. The fraction of sp³-hybridized carbons (Fsp3) is 0.0526. The summed E-state index contributed by atoms with van der Waals surface area (Å²) in [4.78, 5) is 8.40. The Labute approximate surface area is 136 Å². The van der Waals surface area contributed by atoms with Crippen LogP contribution in [0.5, 0.6) is 0 Å². The lowest BCUT2D eigenvalue weighted by atomic mass is 9.54. The molecule has 0 spiro atoms. The molecule has 0 saturated carbocycles. The summed E-state index contributed by atoms with van der Waals surface area (Å²) in [6.07, 6.45) is 5.55. The van der Waals surface area contributed by atoms with Crippen molar-refractivity contribution in [2.45, 2.75) is 6.92 Å². The minimum absolute atomic E-state index is 0.172. The van der Waals surface area contributed by atoms with Crippen molar-refractivity contribution in [3.63, 3.8) is 0 Å². The fourth-order valence-corrected chi connectivity index (χ4v) is 2.91. The molecule has 0 unspecified atom stereocenters. The van der Waals surface area contributed by atoms with E-state index < -0.39 is 0 Å². The van der Waals surface area contributed by atoms with Gasteiger partial charge in [0.15, 0.2) is 0 Å². The van der Waals surface area contributed by atoms with Gasteiger partial charge in [-0.2, -0.15) is 0 Å². The first-order chi connectivity index (χ1) is 11.3. The molecule has 2 heterocycles. The summed E-state index contributed by atoms with van der Waals surface area (Å²) in [6, 6.07) is 16.9. The van der Waals surface area contributed by atoms with E-state index in [1.54, 1.807) is 12.5 Å². The van der Waals surface area contributed by atoms with Gasteiger partial charge in [0.05, 0.1) is 5.69 Å². The Morgan fingerprint density at radius 1 is 1.00 bits per heavy atom. The van der Waals surface area contributed by atoms with E-state index in [0.29, 0.717) is 0 Å². The van der Waals surface area contributed by atoms with Crippen molar-refractivity contribution in [3.05, 3.63) is 78.2 Å². The number of fused-ring (bicyclic) bond motifs is 1. The van der Waals surface area contributed by atoms with Gasteiger partial charge in [-0.15, -0.1) is 0 Å². The maximum Gasteiger partial charge on any atom is 0.313 e. The number of benzene rings is 2. The van der Waals surface area contributed by atoms with Crippen molar-refractivity contribution in [1.29, 1.82) is 0 Å². The number of aromatic nitrogens is 2. The van der Waals surface area contributed by atoms with Crippen molar-refractivity contribution >= 4 is 24.1 Å². The first-order valence-corrected chi connectivity index (χ1v) is 7.72.